The highest BCUT2D eigenvalue weighted by molar-refractivity contribution is 5.83. The third kappa shape index (κ3) is 2.44. The summed E-state index contributed by atoms with van der Waals surface area (Å²) in [6, 6.07) is 0. The summed E-state index contributed by atoms with van der Waals surface area (Å²) in [7, 11) is 0. The van der Waals surface area contributed by atoms with Crippen molar-refractivity contribution in [3.05, 3.63) is 23.9 Å². The molecule has 0 saturated heterocycles. The third-order valence-corrected chi connectivity index (χ3v) is 2.19. The lowest BCUT2D eigenvalue weighted by Crippen LogP contribution is -2.35. The van der Waals surface area contributed by atoms with Gasteiger partial charge in [-0.05, 0) is 18.4 Å². The van der Waals surface area contributed by atoms with Gasteiger partial charge in [-0.25, -0.2) is 0 Å². The highest BCUT2D eigenvalue weighted by Gasteiger charge is 2.29. The Hall–Kier alpha value is -1.05. The van der Waals surface area contributed by atoms with Crippen LogP contribution in [0.3, 0.4) is 0 Å². The van der Waals surface area contributed by atoms with Gasteiger partial charge < -0.3 is 5.32 Å². The van der Waals surface area contributed by atoms with Gasteiger partial charge in [0.1, 0.15) is 0 Å². The van der Waals surface area contributed by atoms with E-state index in [-0.39, 0.29) is 17.2 Å². The van der Waals surface area contributed by atoms with Crippen molar-refractivity contribution in [1.29, 1.82) is 0 Å². The number of hydrogen-bond acceptors (Lipinski definition) is 1. The predicted octanol–water partition coefficient (Wildman–Crippen LogP) is 2.24. The molecule has 1 N–H and O–H groups in total. The quantitative estimate of drug-likeness (QED) is 0.607. The van der Waals surface area contributed by atoms with Crippen LogP contribution in [-0.2, 0) is 4.79 Å². The van der Waals surface area contributed by atoms with E-state index in [2.05, 4.69) is 26.1 Å². The maximum atomic E-state index is 11.7. The molecule has 0 bridgehead atoms. The van der Waals surface area contributed by atoms with E-state index >= 15 is 0 Å². The molecule has 72 valence electrons. The largest absolute Gasteiger partial charge is 0.330 e. The van der Waals surface area contributed by atoms with Crippen LogP contribution in [0.2, 0.25) is 0 Å². The van der Waals surface area contributed by atoms with Gasteiger partial charge >= 0.3 is 0 Å². The minimum Gasteiger partial charge on any atom is -0.330 e. The average molecular weight is 179 g/mol. The minimum atomic E-state index is -0.0406. The van der Waals surface area contributed by atoms with Gasteiger partial charge in [-0.15, -0.1) is 0 Å². The van der Waals surface area contributed by atoms with Crippen molar-refractivity contribution >= 4 is 5.91 Å². The molecule has 1 unspecified atom stereocenters. The summed E-state index contributed by atoms with van der Waals surface area (Å²) in [5.74, 6) is 0.0520. The Morgan fingerprint density at radius 3 is 2.54 bits per heavy atom. The molecule has 1 heterocycles. The molecule has 0 fully saturated rings. The SMILES string of the molecule is CC1=CC=CC(C(C)(C)C)C(=O)N1. The van der Waals surface area contributed by atoms with Gasteiger partial charge in [-0.3, -0.25) is 4.79 Å². The van der Waals surface area contributed by atoms with Crippen molar-refractivity contribution in [2.24, 2.45) is 11.3 Å². The molecule has 0 aromatic heterocycles. The summed E-state index contributed by atoms with van der Waals surface area (Å²) >= 11 is 0. The Balaban J connectivity index is 2.87. The van der Waals surface area contributed by atoms with Crippen LogP contribution in [0.1, 0.15) is 27.7 Å². The van der Waals surface area contributed by atoms with E-state index in [9.17, 15) is 4.79 Å². The molecule has 13 heavy (non-hydrogen) atoms. The highest BCUT2D eigenvalue weighted by atomic mass is 16.1. The van der Waals surface area contributed by atoms with Crippen LogP contribution in [0, 0.1) is 11.3 Å². The number of carbonyl (C=O) groups is 1. The van der Waals surface area contributed by atoms with Crippen LogP contribution >= 0.6 is 0 Å². The molecule has 1 amide bonds. The topological polar surface area (TPSA) is 29.1 Å². The molecule has 2 nitrogen and oxygen atoms in total. The molecule has 0 spiro atoms. The Kier molecular flexibility index (Phi) is 2.60. The van der Waals surface area contributed by atoms with Crippen molar-refractivity contribution in [3.63, 3.8) is 0 Å². The summed E-state index contributed by atoms with van der Waals surface area (Å²) in [6.07, 6.45) is 5.83. The predicted molar refractivity (Wildman–Crippen MR) is 54.0 cm³/mol. The molecular weight excluding hydrogens is 162 g/mol. The third-order valence-electron chi connectivity index (χ3n) is 2.19. The molecule has 0 radical (unpaired) electrons. The zero-order valence-electron chi connectivity index (χ0n) is 8.72. The first kappa shape index (κ1) is 10.0. The van der Waals surface area contributed by atoms with E-state index in [1.165, 1.54) is 0 Å². The molecule has 1 rings (SSSR count). The summed E-state index contributed by atoms with van der Waals surface area (Å²) < 4.78 is 0. The molecule has 0 saturated carbocycles. The lowest BCUT2D eigenvalue weighted by molar-refractivity contribution is -0.125. The Morgan fingerprint density at radius 2 is 2.00 bits per heavy atom. The van der Waals surface area contributed by atoms with Crippen molar-refractivity contribution in [2.75, 3.05) is 0 Å². The van der Waals surface area contributed by atoms with E-state index in [1.54, 1.807) is 0 Å². The van der Waals surface area contributed by atoms with Crippen LogP contribution < -0.4 is 5.32 Å². The van der Waals surface area contributed by atoms with Crippen LogP contribution in [0.25, 0.3) is 0 Å². The second kappa shape index (κ2) is 3.36. The Labute approximate surface area is 79.7 Å². The minimum absolute atomic E-state index is 0.0148. The molecule has 1 aliphatic rings. The van der Waals surface area contributed by atoms with E-state index in [0.717, 1.165) is 5.70 Å². The van der Waals surface area contributed by atoms with Gasteiger partial charge in [-0.1, -0.05) is 32.9 Å². The summed E-state index contributed by atoms with van der Waals surface area (Å²) in [5.41, 5.74) is 0.895. The fourth-order valence-electron chi connectivity index (χ4n) is 1.39. The van der Waals surface area contributed by atoms with Crippen molar-refractivity contribution < 1.29 is 4.79 Å². The van der Waals surface area contributed by atoms with E-state index < -0.39 is 0 Å². The average Bonchev–Trinajstić information content (AvgIpc) is 2.08. The van der Waals surface area contributed by atoms with Gasteiger partial charge in [0.15, 0.2) is 0 Å². The normalized spacial score (nSPS) is 23.5. The van der Waals surface area contributed by atoms with Crippen molar-refractivity contribution in [2.45, 2.75) is 27.7 Å². The van der Waals surface area contributed by atoms with Crippen LogP contribution in [-0.4, -0.2) is 5.91 Å². The van der Waals surface area contributed by atoms with Crippen molar-refractivity contribution in [1.82, 2.24) is 5.32 Å². The van der Waals surface area contributed by atoms with Gasteiger partial charge in [0.05, 0.1) is 5.92 Å². The van der Waals surface area contributed by atoms with Gasteiger partial charge in [-0.2, -0.15) is 0 Å². The zero-order valence-corrected chi connectivity index (χ0v) is 8.72. The second-order valence-corrected chi connectivity index (χ2v) is 4.57. The molecule has 0 aromatic rings. The fraction of sp³-hybridized carbons (Fsp3) is 0.545. The van der Waals surface area contributed by atoms with E-state index in [0.29, 0.717) is 0 Å². The molecule has 0 aliphatic carbocycles. The number of hydrogen-bond donors (Lipinski definition) is 1. The fourth-order valence-corrected chi connectivity index (χ4v) is 1.39. The first-order chi connectivity index (χ1) is 5.91. The summed E-state index contributed by atoms with van der Waals surface area (Å²) in [6.45, 7) is 8.11. The lowest BCUT2D eigenvalue weighted by Gasteiger charge is -2.26. The highest BCUT2D eigenvalue weighted by Crippen LogP contribution is 2.28. The van der Waals surface area contributed by atoms with E-state index in [1.807, 2.05) is 25.2 Å². The standard InChI is InChI=1S/C11H17NO/c1-8-6-5-7-9(10(13)12-8)11(2,3)4/h5-7,9H,1-4H3,(H,12,13). The van der Waals surface area contributed by atoms with Crippen molar-refractivity contribution in [3.8, 4) is 0 Å². The van der Waals surface area contributed by atoms with E-state index in [4.69, 9.17) is 0 Å². The van der Waals surface area contributed by atoms with Gasteiger partial charge in [0.2, 0.25) is 5.91 Å². The number of allylic oxidation sites excluding steroid dienone is 3. The monoisotopic (exact) mass is 179 g/mol. The molecule has 2 heteroatoms. The Bertz CT molecular complexity index is 268. The molecule has 1 atom stereocenters. The molecule has 0 aromatic carbocycles. The lowest BCUT2D eigenvalue weighted by atomic mass is 9.80. The number of nitrogens with one attached hydrogen (secondary N) is 1. The summed E-state index contributed by atoms with van der Waals surface area (Å²) in [4.78, 5) is 11.7. The van der Waals surface area contributed by atoms with Crippen LogP contribution in [0.5, 0.6) is 0 Å². The van der Waals surface area contributed by atoms with Crippen LogP contribution in [0.4, 0.5) is 0 Å². The number of rotatable bonds is 0. The number of amides is 1. The molecular formula is C11H17NO. The maximum Gasteiger partial charge on any atom is 0.231 e. The first-order valence-electron chi connectivity index (χ1n) is 4.57. The summed E-state index contributed by atoms with van der Waals surface area (Å²) in [5, 5.41) is 2.86. The van der Waals surface area contributed by atoms with Crippen LogP contribution in [0.15, 0.2) is 23.9 Å². The first-order valence-corrected chi connectivity index (χ1v) is 4.57. The molecule has 1 aliphatic heterocycles. The van der Waals surface area contributed by atoms with Gasteiger partial charge in [0.25, 0.3) is 0 Å². The second-order valence-electron chi connectivity index (χ2n) is 4.57. The zero-order chi connectivity index (χ0) is 10.1. The smallest absolute Gasteiger partial charge is 0.231 e. The Morgan fingerprint density at radius 1 is 1.38 bits per heavy atom. The van der Waals surface area contributed by atoms with Gasteiger partial charge in [0, 0.05) is 5.70 Å². The maximum absolute atomic E-state index is 11.7. The number of carbonyl (C=O) groups excluding carboxylic acids is 1.